The van der Waals surface area contributed by atoms with E-state index in [0.717, 1.165) is 42.7 Å². The van der Waals surface area contributed by atoms with Crippen molar-refractivity contribution in [2.45, 2.75) is 19.4 Å². The first-order valence-corrected chi connectivity index (χ1v) is 11.4. The van der Waals surface area contributed by atoms with Crippen LogP contribution in [0.4, 0.5) is 0 Å². The van der Waals surface area contributed by atoms with Crippen molar-refractivity contribution in [2.75, 3.05) is 13.1 Å². The molecule has 1 atom stereocenters. The predicted molar refractivity (Wildman–Crippen MR) is 130 cm³/mol. The van der Waals surface area contributed by atoms with E-state index in [1.54, 1.807) is 0 Å². The third kappa shape index (κ3) is 4.78. The quantitative estimate of drug-likeness (QED) is 0.348. The summed E-state index contributed by atoms with van der Waals surface area (Å²) in [5.41, 5.74) is 1.65. The number of likely N-dealkylation sites (tertiary alicyclic amines) is 1. The maximum Gasteiger partial charge on any atom is 0.247 e. The van der Waals surface area contributed by atoms with E-state index in [4.69, 9.17) is 9.47 Å². The lowest BCUT2D eigenvalue weighted by atomic mass is 9.98. The third-order valence-electron chi connectivity index (χ3n) is 5.98. The van der Waals surface area contributed by atoms with Crippen LogP contribution in [0.5, 0.6) is 23.1 Å². The van der Waals surface area contributed by atoms with Crippen LogP contribution in [0.25, 0.3) is 11.0 Å². The van der Waals surface area contributed by atoms with Crippen molar-refractivity contribution in [1.82, 2.24) is 19.4 Å². The lowest BCUT2D eigenvalue weighted by Gasteiger charge is -2.32. The largest absolute Gasteiger partial charge is 0.457 e. The number of aromatic nitrogens is 3. The number of carbonyl (C=O) groups excluding carboxylic acids is 1. The summed E-state index contributed by atoms with van der Waals surface area (Å²) in [5.74, 6) is 2.88. The fourth-order valence-corrected chi connectivity index (χ4v) is 4.39. The lowest BCUT2D eigenvalue weighted by molar-refractivity contribution is -0.127. The fraction of sp³-hybridized carbons (Fsp3) is 0.222. The Morgan fingerprint density at radius 1 is 1.03 bits per heavy atom. The Balaban J connectivity index is 1.37. The molecule has 5 rings (SSSR count). The van der Waals surface area contributed by atoms with Crippen molar-refractivity contribution in [3.05, 3.63) is 85.8 Å². The zero-order chi connectivity index (χ0) is 23.3. The molecular weight excluding hydrogens is 428 g/mol. The van der Waals surface area contributed by atoms with Gasteiger partial charge in [0.05, 0.1) is 5.52 Å². The Bertz CT molecular complexity index is 1300. The molecular formula is C27H26N4O3. The van der Waals surface area contributed by atoms with Crippen LogP contribution < -0.4 is 9.47 Å². The van der Waals surface area contributed by atoms with Gasteiger partial charge in [-0.2, -0.15) is 4.98 Å². The normalized spacial score (nSPS) is 15.8. The molecule has 0 saturated carbocycles. The molecule has 0 bridgehead atoms. The van der Waals surface area contributed by atoms with Gasteiger partial charge in [-0.15, -0.1) is 0 Å². The summed E-state index contributed by atoms with van der Waals surface area (Å²) >= 11 is 0. The predicted octanol–water partition coefficient (Wildman–Crippen LogP) is 5.44. The van der Waals surface area contributed by atoms with E-state index in [0.29, 0.717) is 29.8 Å². The smallest absolute Gasteiger partial charge is 0.247 e. The number of nitrogens with zero attached hydrogens (tertiary/aromatic N) is 4. The standard InChI is InChI=1S/C27H26N4O3/c1-2-25(32)30-14-7-8-20(17-30)18-31-15-13-24-26(31)27(29-19-28-24)34-23-12-6-11-22(16-23)33-21-9-4-3-5-10-21/h2-6,9-13,15-16,19-20H,1,7-8,14,17-18H2. The van der Waals surface area contributed by atoms with Crippen molar-refractivity contribution in [3.63, 3.8) is 0 Å². The number of para-hydroxylation sites is 1. The summed E-state index contributed by atoms with van der Waals surface area (Å²) in [4.78, 5) is 22.8. The molecule has 1 fully saturated rings. The molecule has 1 aliphatic heterocycles. The summed E-state index contributed by atoms with van der Waals surface area (Å²) < 4.78 is 14.3. The van der Waals surface area contributed by atoms with E-state index in [1.165, 1.54) is 12.4 Å². The van der Waals surface area contributed by atoms with E-state index in [9.17, 15) is 4.79 Å². The first-order valence-electron chi connectivity index (χ1n) is 11.4. The lowest BCUT2D eigenvalue weighted by Crippen LogP contribution is -2.40. The van der Waals surface area contributed by atoms with Gasteiger partial charge >= 0.3 is 0 Å². The molecule has 0 spiro atoms. The summed E-state index contributed by atoms with van der Waals surface area (Å²) in [6.45, 7) is 5.88. The molecule has 1 saturated heterocycles. The molecule has 3 heterocycles. The maximum absolute atomic E-state index is 12.1. The number of amides is 1. The number of carbonyl (C=O) groups is 1. The second-order valence-electron chi connectivity index (χ2n) is 8.37. The number of piperidine rings is 1. The minimum Gasteiger partial charge on any atom is -0.457 e. The second kappa shape index (κ2) is 9.79. The highest BCUT2D eigenvalue weighted by Gasteiger charge is 2.23. The van der Waals surface area contributed by atoms with Crippen LogP contribution in [-0.4, -0.2) is 38.4 Å². The Kier molecular flexibility index (Phi) is 6.25. The van der Waals surface area contributed by atoms with E-state index in [2.05, 4.69) is 21.1 Å². The number of benzene rings is 2. The summed E-state index contributed by atoms with van der Waals surface area (Å²) in [7, 11) is 0. The van der Waals surface area contributed by atoms with Crippen LogP contribution in [0.2, 0.25) is 0 Å². The van der Waals surface area contributed by atoms with Crippen LogP contribution in [-0.2, 0) is 11.3 Å². The molecule has 172 valence electrons. The second-order valence-corrected chi connectivity index (χ2v) is 8.37. The van der Waals surface area contributed by atoms with Gasteiger partial charge < -0.3 is 18.9 Å². The van der Waals surface area contributed by atoms with Crippen molar-refractivity contribution in [3.8, 4) is 23.1 Å². The summed E-state index contributed by atoms with van der Waals surface area (Å²) in [6, 6.07) is 19.1. The van der Waals surface area contributed by atoms with Gasteiger partial charge in [0.2, 0.25) is 11.8 Å². The van der Waals surface area contributed by atoms with Gasteiger partial charge in [0.25, 0.3) is 0 Å². The van der Waals surface area contributed by atoms with Crippen molar-refractivity contribution in [2.24, 2.45) is 5.92 Å². The molecule has 34 heavy (non-hydrogen) atoms. The monoisotopic (exact) mass is 454 g/mol. The van der Waals surface area contributed by atoms with E-state index in [1.807, 2.05) is 71.8 Å². The Morgan fingerprint density at radius 3 is 2.65 bits per heavy atom. The van der Waals surface area contributed by atoms with E-state index in [-0.39, 0.29) is 5.91 Å². The Hall–Kier alpha value is -4.13. The first-order chi connectivity index (χ1) is 16.7. The molecule has 2 aromatic carbocycles. The van der Waals surface area contributed by atoms with Gasteiger partial charge in [-0.1, -0.05) is 30.8 Å². The minimum atomic E-state index is -0.00739. The molecule has 0 aliphatic carbocycles. The van der Waals surface area contributed by atoms with Gasteiger partial charge in [0.1, 0.15) is 29.1 Å². The molecule has 4 aromatic rings. The van der Waals surface area contributed by atoms with Gasteiger partial charge in [0.15, 0.2) is 0 Å². The highest BCUT2D eigenvalue weighted by molar-refractivity contribution is 5.87. The fourth-order valence-electron chi connectivity index (χ4n) is 4.39. The zero-order valence-corrected chi connectivity index (χ0v) is 18.8. The van der Waals surface area contributed by atoms with Crippen LogP contribution in [0.15, 0.2) is 85.8 Å². The SMILES string of the molecule is C=CC(=O)N1CCCC(Cn2ccc3ncnc(Oc4cccc(Oc5ccccc5)c4)c32)C1. The topological polar surface area (TPSA) is 69.5 Å². The zero-order valence-electron chi connectivity index (χ0n) is 18.8. The van der Waals surface area contributed by atoms with Crippen LogP contribution in [0.1, 0.15) is 12.8 Å². The maximum atomic E-state index is 12.1. The van der Waals surface area contributed by atoms with Gasteiger partial charge in [-0.05, 0) is 55.2 Å². The summed E-state index contributed by atoms with van der Waals surface area (Å²) in [5, 5.41) is 0. The molecule has 0 radical (unpaired) electrons. The number of hydrogen-bond acceptors (Lipinski definition) is 5. The molecule has 2 aromatic heterocycles. The third-order valence-corrected chi connectivity index (χ3v) is 5.98. The highest BCUT2D eigenvalue weighted by atomic mass is 16.5. The summed E-state index contributed by atoms with van der Waals surface area (Å²) in [6.07, 6.45) is 6.95. The Morgan fingerprint density at radius 2 is 1.82 bits per heavy atom. The number of fused-ring (bicyclic) bond motifs is 1. The Labute approximate surface area is 198 Å². The number of ether oxygens (including phenoxy) is 2. The highest BCUT2D eigenvalue weighted by Crippen LogP contribution is 2.32. The van der Waals surface area contributed by atoms with Gasteiger partial charge in [-0.25, -0.2) is 4.98 Å². The molecule has 7 heteroatoms. The van der Waals surface area contributed by atoms with Crippen LogP contribution >= 0.6 is 0 Å². The average Bonchev–Trinajstić information content (AvgIpc) is 3.28. The molecule has 1 amide bonds. The van der Waals surface area contributed by atoms with Gasteiger partial charge in [0, 0.05) is 31.9 Å². The van der Waals surface area contributed by atoms with Crippen LogP contribution in [0, 0.1) is 5.92 Å². The average molecular weight is 455 g/mol. The van der Waals surface area contributed by atoms with Crippen molar-refractivity contribution in [1.29, 1.82) is 0 Å². The van der Waals surface area contributed by atoms with Crippen molar-refractivity contribution < 1.29 is 14.3 Å². The van der Waals surface area contributed by atoms with E-state index < -0.39 is 0 Å². The van der Waals surface area contributed by atoms with Crippen molar-refractivity contribution >= 4 is 16.9 Å². The number of hydrogen-bond donors (Lipinski definition) is 0. The molecule has 1 aliphatic rings. The minimum absolute atomic E-state index is 0.00739. The first kappa shape index (κ1) is 21.7. The molecule has 1 unspecified atom stereocenters. The molecule has 0 N–H and O–H groups in total. The van der Waals surface area contributed by atoms with Gasteiger partial charge in [-0.3, -0.25) is 4.79 Å². The molecule has 7 nitrogen and oxygen atoms in total. The number of rotatable bonds is 7. The van der Waals surface area contributed by atoms with Crippen LogP contribution in [0.3, 0.4) is 0 Å². The van der Waals surface area contributed by atoms with E-state index >= 15 is 0 Å².